The normalized spacial score (nSPS) is 11.6. The summed E-state index contributed by atoms with van der Waals surface area (Å²) in [6.45, 7) is 0. The minimum absolute atomic E-state index is 0.125. The number of aromatic nitrogens is 3. The number of anilines is 1. The lowest BCUT2D eigenvalue weighted by atomic mass is 10.3. The van der Waals surface area contributed by atoms with Crippen molar-refractivity contribution < 1.29 is 8.42 Å². The highest BCUT2D eigenvalue weighted by Gasteiger charge is 2.14. The number of rotatable bonds is 3. The third-order valence-electron chi connectivity index (χ3n) is 2.25. The number of benzene rings is 1. The number of nitrogen functional groups attached to an aromatic ring is 1. The summed E-state index contributed by atoms with van der Waals surface area (Å²) in [4.78, 5) is 3.91. The molecule has 3 N–H and O–H groups in total. The van der Waals surface area contributed by atoms with E-state index in [9.17, 15) is 8.42 Å². The van der Waals surface area contributed by atoms with Gasteiger partial charge in [0.2, 0.25) is 10.0 Å². The molecule has 0 amide bonds. The lowest BCUT2D eigenvalue weighted by molar-refractivity contribution is 0.588. The van der Waals surface area contributed by atoms with E-state index < -0.39 is 10.0 Å². The summed E-state index contributed by atoms with van der Waals surface area (Å²) < 4.78 is 26.9. The van der Waals surface area contributed by atoms with Crippen LogP contribution in [0.1, 0.15) is 0 Å². The van der Waals surface area contributed by atoms with Crippen molar-refractivity contribution in [3.8, 4) is 5.69 Å². The van der Waals surface area contributed by atoms with Gasteiger partial charge in [0.1, 0.15) is 12.7 Å². The fourth-order valence-electron chi connectivity index (χ4n) is 1.34. The van der Waals surface area contributed by atoms with Gasteiger partial charge < -0.3 is 5.73 Å². The molecule has 2 rings (SSSR count). The Hall–Kier alpha value is -1.93. The molecule has 0 unspecified atom stereocenters. The Morgan fingerprint density at radius 3 is 2.76 bits per heavy atom. The monoisotopic (exact) mass is 253 g/mol. The molecule has 1 aromatic heterocycles. The Morgan fingerprint density at radius 2 is 2.18 bits per heavy atom. The van der Waals surface area contributed by atoms with Gasteiger partial charge in [-0.2, -0.15) is 5.10 Å². The number of nitrogens with one attached hydrogen (secondary N) is 1. The summed E-state index contributed by atoms with van der Waals surface area (Å²) in [5.41, 5.74) is 6.65. The van der Waals surface area contributed by atoms with E-state index in [2.05, 4.69) is 14.8 Å². The van der Waals surface area contributed by atoms with E-state index >= 15 is 0 Å². The summed E-state index contributed by atoms with van der Waals surface area (Å²) in [6.07, 6.45) is 2.79. The van der Waals surface area contributed by atoms with Gasteiger partial charge in [0.15, 0.2) is 0 Å². The van der Waals surface area contributed by atoms with Crippen LogP contribution < -0.4 is 10.5 Å². The van der Waals surface area contributed by atoms with Gasteiger partial charge in [-0.25, -0.2) is 22.8 Å². The average Bonchev–Trinajstić information content (AvgIpc) is 2.83. The lowest BCUT2D eigenvalue weighted by Gasteiger charge is -2.08. The van der Waals surface area contributed by atoms with E-state index in [1.807, 2.05) is 0 Å². The van der Waals surface area contributed by atoms with Gasteiger partial charge in [-0.3, -0.25) is 0 Å². The topological polar surface area (TPSA) is 103 Å². The van der Waals surface area contributed by atoms with Crippen molar-refractivity contribution >= 4 is 15.7 Å². The molecule has 0 bridgehead atoms. The molecule has 2 aromatic rings. The summed E-state index contributed by atoms with van der Waals surface area (Å²) in [7, 11) is -2.15. The highest BCUT2D eigenvalue weighted by molar-refractivity contribution is 7.89. The van der Waals surface area contributed by atoms with Gasteiger partial charge in [0, 0.05) is 0 Å². The zero-order chi connectivity index (χ0) is 12.5. The molecule has 7 nitrogen and oxygen atoms in total. The molecule has 0 saturated carbocycles. The molecule has 0 radical (unpaired) electrons. The second-order valence-corrected chi connectivity index (χ2v) is 5.15. The summed E-state index contributed by atoms with van der Waals surface area (Å²) >= 11 is 0. The fraction of sp³-hybridized carbons (Fsp3) is 0.111. The Balaban J connectivity index is 2.59. The number of nitrogens with two attached hydrogens (primary N) is 1. The number of sulfonamides is 1. The van der Waals surface area contributed by atoms with Gasteiger partial charge in [0.25, 0.3) is 0 Å². The van der Waals surface area contributed by atoms with E-state index in [-0.39, 0.29) is 4.90 Å². The molecule has 90 valence electrons. The minimum Gasteiger partial charge on any atom is -0.397 e. The van der Waals surface area contributed by atoms with Gasteiger partial charge in [0.05, 0.1) is 16.3 Å². The first-order valence-corrected chi connectivity index (χ1v) is 6.21. The first-order valence-electron chi connectivity index (χ1n) is 4.72. The third-order valence-corrected chi connectivity index (χ3v) is 3.66. The van der Waals surface area contributed by atoms with Crippen LogP contribution in [0.25, 0.3) is 5.69 Å². The zero-order valence-electron chi connectivity index (χ0n) is 9.03. The Morgan fingerprint density at radius 1 is 1.41 bits per heavy atom. The number of nitrogens with zero attached hydrogens (tertiary/aromatic N) is 3. The van der Waals surface area contributed by atoms with Gasteiger partial charge in [-0.05, 0) is 25.2 Å². The predicted molar refractivity (Wildman–Crippen MR) is 62.0 cm³/mol. The Kier molecular flexibility index (Phi) is 2.82. The average molecular weight is 253 g/mol. The molecule has 0 aliphatic heterocycles. The molecule has 0 aliphatic rings. The van der Waals surface area contributed by atoms with E-state index in [1.54, 1.807) is 0 Å². The van der Waals surface area contributed by atoms with Crippen molar-refractivity contribution in [2.24, 2.45) is 0 Å². The van der Waals surface area contributed by atoms with Crippen molar-refractivity contribution in [1.82, 2.24) is 19.5 Å². The first-order chi connectivity index (χ1) is 8.04. The molecule has 1 heterocycles. The van der Waals surface area contributed by atoms with Crippen LogP contribution in [0.3, 0.4) is 0 Å². The van der Waals surface area contributed by atoms with E-state index in [0.29, 0.717) is 11.4 Å². The predicted octanol–water partition coefficient (Wildman–Crippen LogP) is -0.242. The maximum absolute atomic E-state index is 11.6. The van der Waals surface area contributed by atoms with Crippen LogP contribution in [0.4, 0.5) is 5.69 Å². The summed E-state index contributed by atoms with van der Waals surface area (Å²) in [5.74, 6) is 0. The van der Waals surface area contributed by atoms with Crippen LogP contribution in [0, 0.1) is 0 Å². The SMILES string of the molecule is CNS(=O)(=O)c1ccc(N)c(-n2cncn2)c1. The molecule has 0 aliphatic carbocycles. The molecular formula is C9H11N5O2S. The highest BCUT2D eigenvalue weighted by atomic mass is 32.2. The van der Waals surface area contributed by atoms with E-state index in [1.165, 1.54) is 42.6 Å². The molecule has 0 saturated heterocycles. The molecule has 0 fully saturated rings. The first kappa shape index (κ1) is 11.6. The number of hydrogen-bond donors (Lipinski definition) is 2. The second-order valence-electron chi connectivity index (χ2n) is 3.27. The zero-order valence-corrected chi connectivity index (χ0v) is 9.85. The van der Waals surface area contributed by atoms with Crippen molar-refractivity contribution in [2.45, 2.75) is 4.90 Å². The van der Waals surface area contributed by atoms with Crippen LogP contribution in [-0.4, -0.2) is 30.2 Å². The van der Waals surface area contributed by atoms with Gasteiger partial charge in [-0.15, -0.1) is 0 Å². The third kappa shape index (κ3) is 2.12. The lowest BCUT2D eigenvalue weighted by Crippen LogP contribution is -2.19. The van der Waals surface area contributed by atoms with Crippen LogP contribution in [0.15, 0.2) is 35.7 Å². The van der Waals surface area contributed by atoms with E-state index in [4.69, 9.17) is 5.73 Å². The second kappa shape index (κ2) is 4.15. The minimum atomic E-state index is -3.50. The molecule has 0 spiro atoms. The van der Waals surface area contributed by atoms with Crippen LogP contribution in [0.5, 0.6) is 0 Å². The maximum atomic E-state index is 11.6. The smallest absolute Gasteiger partial charge is 0.240 e. The fourth-order valence-corrected chi connectivity index (χ4v) is 2.09. The summed E-state index contributed by atoms with van der Waals surface area (Å²) in [5, 5.41) is 3.91. The Labute approximate surface area is 98.3 Å². The van der Waals surface area contributed by atoms with Crippen molar-refractivity contribution in [3.63, 3.8) is 0 Å². The maximum Gasteiger partial charge on any atom is 0.240 e. The van der Waals surface area contributed by atoms with E-state index in [0.717, 1.165) is 0 Å². The highest BCUT2D eigenvalue weighted by Crippen LogP contribution is 2.20. The molecule has 0 atom stereocenters. The van der Waals surface area contributed by atoms with Gasteiger partial charge >= 0.3 is 0 Å². The largest absolute Gasteiger partial charge is 0.397 e. The molecular weight excluding hydrogens is 242 g/mol. The molecule has 1 aromatic carbocycles. The van der Waals surface area contributed by atoms with Gasteiger partial charge in [-0.1, -0.05) is 0 Å². The quantitative estimate of drug-likeness (QED) is 0.735. The standard InChI is InChI=1S/C9H11N5O2S/c1-11-17(15,16)7-2-3-8(10)9(4-7)14-6-12-5-13-14/h2-6,11H,10H2,1H3. The molecule has 8 heteroatoms. The number of hydrogen-bond acceptors (Lipinski definition) is 5. The van der Waals surface area contributed by atoms with Crippen LogP contribution >= 0.6 is 0 Å². The van der Waals surface area contributed by atoms with Crippen LogP contribution in [-0.2, 0) is 10.0 Å². The Bertz CT molecular complexity index is 621. The van der Waals surface area contributed by atoms with Crippen LogP contribution in [0.2, 0.25) is 0 Å². The molecule has 17 heavy (non-hydrogen) atoms. The summed E-state index contributed by atoms with van der Waals surface area (Å²) in [6, 6.07) is 4.39. The van der Waals surface area contributed by atoms with Crippen molar-refractivity contribution in [2.75, 3.05) is 12.8 Å². The van der Waals surface area contributed by atoms with Crippen molar-refractivity contribution in [1.29, 1.82) is 0 Å². The van der Waals surface area contributed by atoms with Crippen molar-refractivity contribution in [3.05, 3.63) is 30.9 Å².